The van der Waals surface area contributed by atoms with Gasteiger partial charge in [-0.15, -0.1) is 0 Å². The van der Waals surface area contributed by atoms with Crippen molar-refractivity contribution in [1.82, 2.24) is 14.8 Å². The predicted octanol–water partition coefficient (Wildman–Crippen LogP) is 1.54. The lowest BCUT2D eigenvalue weighted by atomic mass is 10.2. The number of halogens is 3. The summed E-state index contributed by atoms with van der Waals surface area (Å²) in [6.45, 7) is -0.211. The Morgan fingerprint density at radius 2 is 2.00 bits per heavy atom. The van der Waals surface area contributed by atoms with Crippen molar-refractivity contribution in [2.45, 2.75) is 12.7 Å². The van der Waals surface area contributed by atoms with Crippen LogP contribution in [0.15, 0.2) is 30.7 Å². The smallest absolute Gasteiger partial charge is 0.417 e. The Balaban J connectivity index is 2.28. The van der Waals surface area contributed by atoms with Crippen LogP contribution in [0.2, 0.25) is 0 Å². The number of carbonyl (C=O) groups excluding carboxylic acids is 2. The third kappa shape index (κ3) is 3.89. The van der Waals surface area contributed by atoms with Crippen LogP contribution in [0.25, 0.3) is 0 Å². The summed E-state index contributed by atoms with van der Waals surface area (Å²) in [6.07, 6.45) is -1.02. The fraction of sp³-hybridized carbons (Fsp3) is 0.286. The average Bonchev–Trinajstić information content (AvgIpc) is 2.97. The van der Waals surface area contributed by atoms with Crippen LogP contribution in [-0.4, -0.2) is 33.8 Å². The fourth-order valence-electron chi connectivity index (χ4n) is 1.87. The standard InChI is InChI=1S/C14H13F3N4O3/c1-20-8-11(6-19-20)21(12(22)13(23)24-2)7-10-4-3-9(5-18-10)14(15,16)17/h3-6,8H,7H2,1-2H3. The molecule has 2 heterocycles. The number of anilines is 1. The van der Waals surface area contributed by atoms with Crippen molar-refractivity contribution < 1.29 is 27.5 Å². The van der Waals surface area contributed by atoms with Gasteiger partial charge in [0.15, 0.2) is 0 Å². The zero-order chi connectivity index (χ0) is 17.9. The molecule has 0 aliphatic heterocycles. The van der Waals surface area contributed by atoms with Crippen LogP contribution >= 0.6 is 0 Å². The fourth-order valence-corrected chi connectivity index (χ4v) is 1.87. The van der Waals surface area contributed by atoms with Crippen molar-refractivity contribution in [3.05, 3.63) is 42.0 Å². The summed E-state index contributed by atoms with van der Waals surface area (Å²) in [5.74, 6) is -2.09. The second kappa shape index (κ2) is 6.69. The molecule has 24 heavy (non-hydrogen) atoms. The minimum atomic E-state index is -4.50. The van der Waals surface area contributed by atoms with Gasteiger partial charge in [0.05, 0.1) is 36.8 Å². The Bertz CT molecular complexity index is 740. The van der Waals surface area contributed by atoms with Crippen molar-refractivity contribution in [3.8, 4) is 0 Å². The minimum Gasteiger partial charge on any atom is -0.462 e. The number of hydrogen-bond acceptors (Lipinski definition) is 5. The highest BCUT2D eigenvalue weighted by molar-refractivity contribution is 6.37. The Hall–Kier alpha value is -2.91. The van der Waals surface area contributed by atoms with Gasteiger partial charge in [-0.2, -0.15) is 18.3 Å². The van der Waals surface area contributed by atoms with Crippen LogP contribution in [0.4, 0.5) is 18.9 Å². The van der Waals surface area contributed by atoms with Gasteiger partial charge >= 0.3 is 18.1 Å². The molecule has 2 aromatic rings. The number of amides is 1. The summed E-state index contributed by atoms with van der Waals surface area (Å²) in [5, 5.41) is 3.89. The van der Waals surface area contributed by atoms with E-state index in [9.17, 15) is 22.8 Å². The normalized spacial score (nSPS) is 11.2. The monoisotopic (exact) mass is 342 g/mol. The number of rotatable bonds is 3. The Morgan fingerprint density at radius 3 is 2.46 bits per heavy atom. The van der Waals surface area contributed by atoms with Gasteiger partial charge in [-0.05, 0) is 12.1 Å². The van der Waals surface area contributed by atoms with E-state index in [4.69, 9.17) is 0 Å². The largest absolute Gasteiger partial charge is 0.462 e. The molecule has 0 spiro atoms. The van der Waals surface area contributed by atoms with Crippen LogP contribution < -0.4 is 4.90 Å². The first kappa shape index (κ1) is 17.4. The van der Waals surface area contributed by atoms with Crippen LogP contribution in [0.1, 0.15) is 11.3 Å². The minimum absolute atomic E-state index is 0.170. The highest BCUT2D eigenvalue weighted by Crippen LogP contribution is 2.28. The molecule has 0 aliphatic carbocycles. The van der Waals surface area contributed by atoms with E-state index in [2.05, 4.69) is 14.8 Å². The number of nitrogens with zero attached hydrogens (tertiary/aromatic N) is 4. The van der Waals surface area contributed by atoms with E-state index in [1.807, 2.05) is 0 Å². The van der Waals surface area contributed by atoms with E-state index in [0.29, 0.717) is 6.20 Å². The number of carbonyl (C=O) groups is 2. The first-order valence-electron chi connectivity index (χ1n) is 6.63. The molecule has 0 saturated carbocycles. The summed E-state index contributed by atoms with van der Waals surface area (Å²) in [4.78, 5) is 28.3. The van der Waals surface area contributed by atoms with Crippen LogP contribution in [0.3, 0.4) is 0 Å². The van der Waals surface area contributed by atoms with Crippen molar-refractivity contribution in [2.24, 2.45) is 7.05 Å². The quantitative estimate of drug-likeness (QED) is 0.625. The van der Waals surface area contributed by atoms with Gasteiger partial charge in [0.2, 0.25) is 0 Å². The number of ether oxygens (including phenoxy) is 1. The molecule has 10 heteroatoms. The molecule has 0 fully saturated rings. The summed E-state index contributed by atoms with van der Waals surface area (Å²) in [6, 6.07) is 1.99. The number of alkyl halides is 3. The van der Waals surface area contributed by atoms with E-state index in [0.717, 1.165) is 24.1 Å². The highest BCUT2D eigenvalue weighted by Gasteiger charge is 2.31. The first-order chi connectivity index (χ1) is 11.2. The number of pyridine rings is 1. The van der Waals surface area contributed by atoms with Gasteiger partial charge in [-0.25, -0.2) is 4.79 Å². The lowest BCUT2D eigenvalue weighted by molar-refractivity contribution is -0.151. The molecule has 2 rings (SSSR count). The molecule has 0 atom stereocenters. The summed E-state index contributed by atoms with van der Waals surface area (Å²) in [7, 11) is 2.67. The van der Waals surface area contributed by atoms with E-state index < -0.39 is 23.6 Å². The molecule has 0 N–H and O–H groups in total. The van der Waals surface area contributed by atoms with Gasteiger partial charge in [0.25, 0.3) is 0 Å². The van der Waals surface area contributed by atoms with E-state index in [1.54, 1.807) is 7.05 Å². The van der Waals surface area contributed by atoms with Crippen LogP contribution in [0, 0.1) is 0 Å². The lowest BCUT2D eigenvalue weighted by Gasteiger charge is -2.19. The van der Waals surface area contributed by atoms with Gasteiger partial charge in [-0.3, -0.25) is 19.4 Å². The topological polar surface area (TPSA) is 77.3 Å². The Morgan fingerprint density at radius 1 is 1.29 bits per heavy atom. The third-order valence-corrected chi connectivity index (χ3v) is 3.08. The zero-order valence-electron chi connectivity index (χ0n) is 12.7. The SMILES string of the molecule is COC(=O)C(=O)N(Cc1ccc(C(F)(F)F)cn1)c1cnn(C)c1. The molecular formula is C14H13F3N4O3. The van der Waals surface area contributed by atoms with Gasteiger partial charge in [0, 0.05) is 19.4 Å². The third-order valence-electron chi connectivity index (χ3n) is 3.08. The molecule has 1 amide bonds. The van der Waals surface area contributed by atoms with E-state index >= 15 is 0 Å². The highest BCUT2D eigenvalue weighted by atomic mass is 19.4. The number of methoxy groups -OCH3 is 1. The van der Waals surface area contributed by atoms with Crippen molar-refractivity contribution >= 4 is 17.6 Å². The second-order valence-corrected chi connectivity index (χ2v) is 4.79. The Kier molecular flexibility index (Phi) is 4.86. The molecule has 0 unspecified atom stereocenters. The molecule has 2 aromatic heterocycles. The zero-order valence-corrected chi connectivity index (χ0v) is 12.7. The first-order valence-corrected chi connectivity index (χ1v) is 6.63. The maximum atomic E-state index is 12.6. The van der Waals surface area contributed by atoms with Crippen molar-refractivity contribution in [3.63, 3.8) is 0 Å². The lowest BCUT2D eigenvalue weighted by Crippen LogP contribution is -2.37. The average molecular weight is 342 g/mol. The van der Waals surface area contributed by atoms with Gasteiger partial charge in [0.1, 0.15) is 0 Å². The van der Waals surface area contributed by atoms with Crippen molar-refractivity contribution in [2.75, 3.05) is 12.0 Å². The predicted molar refractivity (Wildman–Crippen MR) is 75.7 cm³/mol. The Labute approximate surface area is 134 Å². The molecule has 128 valence electrons. The molecule has 0 radical (unpaired) electrons. The molecular weight excluding hydrogens is 329 g/mol. The molecule has 0 aromatic carbocycles. The number of esters is 1. The number of hydrogen-bond donors (Lipinski definition) is 0. The van der Waals surface area contributed by atoms with E-state index in [1.165, 1.54) is 17.1 Å². The summed E-state index contributed by atoms with van der Waals surface area (Å²) >= 11 is 0. The molecule has 7 nitrogen and oxygen atoms in total. The van der Waals surface area contributed by atoms with Gasteiger partial charge in [-0.1, -0.05) is 0 Å². The summed E-state index contributed by atoms with van der Waals surface area (Å²) in [5.41, 5.74) is -0.447. The second-order valence-electron chi connectivity index (χ2n) is 4.79. The van der Waals surface area contributed by atoms with E-state index in [-0.39, 0.29) is 17.9 Å². The van der Waals surface area contributed by atoms with Crippen molar-refractivity contribution in [1.29, 1.82) is 0 Å². The maximum Gasteiger partial charge on any atom is 0.417 e. The number of aryl methyl sites for hydroxylation is 1. The maximum absolute atomic E-state index is 12.6. The van der Waals surface area contributed by atoms with Crippen LogP contribution in [-0.2, 0) is 34.1 Å². The molecule has 0 aliphatic rings. The number of aromatic nitrogens is 3. The van der Waals surface area contributed by atoms with Gasteiger partial charge < -0.3 is 4.74 Å². The van der Waals surface area contributed by atoms with Crippen LogP contribution in [0.5, 0.6) is 0 Å². The molecule has 0 saturated heterocycles. The molecule has 0 bridgehead atoms. The summed E-state index contributed by atoms with van der Waals surface area (Å²) < 4.78 is 43.5.